The van der Waals surface area contributed by atoms with Gasteiger partial charge in [-0.05, 0) is 42.0 Å². The van der Waals surface area contributed by atoms with E-state index in [2.05, 4.69) is 35.0 Å². The van der Waals surface area contributed by atoms with E-state index in [-0.39, 0.29) is 5.92 Å². The van der Waals surface area contributed by atoms with Crippen LogP contribution in [-0.4, -0.2) is 12.4 Å². The highest BCUT2D eigenvalue weighted by atomic mass is 79.9. The second kappa shape index (κ2) is 4.69. The van der Waals surface area contributed by atoms with Crippen molar-refractivity contribution in [1.82, 2.24) is 0 Å². The molecular weight excluding hydrogens is 292 g/mol. The van der Waals surface area contributed by atoms with Gasteiger partial charge in [0, 0.05) is 23.2 Å². The number of carbonyl (C=O) groups is 1. The molecule has 3 heteroatoms. The summed E-state index contributed by atoms with van der Waals surface area (Å²) in [6, 6.07) is 4.30. The number of ketones is 1. The Morgan fingerprint density at radius 3 is 2.94 bits per heavy atom. The topological polar surface area (TPSA) is 26.3 Å². The quantitative estimate of drug-likeness (QED) is 0.835. The third-order valence-corrected chi connectivity index (χ3v) is 4.74. The molecule has 1 saturated carbocycles. The van der Waals surface area contributed by atoms with Crippen molar-refractivity contribution in [3.8, 4) is 5.75 Å². The molecule has 1 aliphatic carbocycles. The summed E-state index contributed by atoms with van der Waals surface area (Å²) in [5.41, 5.74) is 2.57. The van der Waals surface area contributed by atoms with Gasteiger partial charge in [0.05, 0.1) is 6.61 Å². The zero-order valence-electron chi connectivity index (χ0n) is 10.5. The lowest BCUT2D eigenvalue weighted by Gasteiger charge is -2.16. The average molecular weight is 309 g/mol. The predicted molar refractivity (Wildman–Crippen MR) is 73.9 cm³/mol. The molecule has 1 aliphatic heterocycles. The van der Waals surface area contributed by atoms with Crippen LogP contribution in [0, 0.1) is 11.8 Å². The molecule has 0 aromatic heterocycles. The van der Waals surface area contributed by atoms with Crippen molar-refractivity contribution < 1.29 is 9.53 Å². The lowest BCUT2D eigenvalue weighted by atomic mass is 9.89. The summed E-state index contributed by atoms with van der Waals surface area (Å²) in [5, 5.41) is 0. The molecule has 18 heavy (non-hydrogen) atoms. The molecule has 0 amide bonds. The predicted octanol–water partition coefficient (Wildman–Crippen LogP) is 3.54. The third kappa shape index (κ3) is 2.09. The van der Waals surface area contributed by atoms with Gasteiger partial charge in [0.2, 0.25) is 0 Å². The molecule has 0 bridgehead atoms. The number of ether oxygens (including phenoxy) is 1. The Labute approximate surface area is 116 Å². The molecule has 2 unspecified atom stereocenters. The van der Waals surface area contributed by atoms with Gasteiger partial charge in [0.25, 0.3) is 0 Å². The summed E-state index contributed by atoms with van der Waals surface area (Å²) in [7, 11) is 0. The number of carbonyl (C=O) groups excluding carboxylic acids is 1. The van der Waals surface area contributed by atoms with Crippen LogP contribution >= 0.6 is 15.9 Å². The standard InChI is InChI=1S/C15H17BrO2/c1-9-10(2-3-14(9)17)6-12-8-13(16)7-11-4-5-18-15(11)12/h7-10H,2-6H2,1H3. The molecule has 1 heterocycles. The van der Waals surface area contributed by atoms with Crippen molar-refractivity contribution in [3.63, 3.8) is 0 Å². The van der Waals surface area contributed by atoms with Crippen LogP contribution in [0.2, 0.25) is 0 Å². The summed E-state index contributed by atoms with van der Waals surface area (Å²) in [6.45, 7) is 2.86. The van der Waals surface area contributed by atoms with Gasteiger partial charge in [-0.15, -0.1) is 0 Å². The van der Waals surface area contributed by atoms with E-state index in [9.17, 15) is 4.79 Å². The van der Waals surface area contributed by atoms with Crippen LogP contribution in [0.15, 0.2) is 16.6 Å². The SMILES string of the molecule is CC1C(=O)CCC1Cc1cc(Br)cc2c1OCC2. The summed E-state index contributed by atoms with van der Waals surface area (Å²) in [4.78, 5) is 11.6. The Morgan fingerprint density at radius 2 is 2.22 bits per heavy atom. The molecular formula is C15H17BrO2. The fourth-order valence-electron chi connectivity index (χ4n) is 3.13. The fraction of sp³-hybridized carbons (Fsp3) is 0.533. The molecule has 2 nitrogen and oxygen atoms in total. The molecule has 0 spiro atoms. The first-order valence-electron chi connectivity index (χ1n) is 6.62. The minimum Gasteiger partial charge on any atom is -0.493 e. The van der Waals surface area contributed by atoms with Crippen molar-refractivity contribution in [2.45, 2.75) is 32.6 Å². The molecule has 0 saturated heterocycles. The maximum atomic E-state index is 11.6. The van der Waals surface area contributed by atoms with Gasteiger partial charge in [0.1, 0.15) is 11.5 Å². The van der Waals surface area contributed by atoms with Crippen molar-refractivity contribution >= 4 is 21.7 Å². The van der Waals surface area contributed by atoms with Crippen LogP contribution in [0.1, 0.15) is 30.9 Å². The van der Waals surface area contributed by atoms with Gasteiger partial charge in [-0.3, -0.25) is 4.79 Å². The summed E-state index contributed by atoms with van der Waals surface area (Å²) in [5.74, 6) is 2.19. The van der Waals surface area contributed by atoms with Gasteiger partial charge in [-0.1, -0.05) is 22.9 Å². The Balaban J connectivity index is 1.87. The van der Waals surface area contributed by atoms with E-state index in [1.54, 1.807) is 0 Å². The van der Waals surface area contributed by atoms with Gasteiger partial charge >= 0.3 is 0 Å². The average Bonchev–Trinajstić information content (AvgIpc) is 2.90. The number of rotatable bonds is 2. The van der Waals surface area contributed by atoms with Crippen LogP contribution in [-0.2, 0) is 17.6 Å². The molecule has 2 aliphatic rings. The molecule has 1 aromatic carbocycles. The maximum Gasteiger partial charge on any atom is 0.135 e. The number of fused-ring (bicyclic) bond motifs is 1. The summed E-state index contributed by atoms with van der Waals surface area (Å²) in [6.07, 6.45) is 3.75. The molecule has 0 radical (unpaired) electrons. The third-order valence-electron chi connectivity index (χ3n) is 4.28. The van der Waals surface area contributed by atoms with E-state index in [1.807, 2.05) is 0 Å². The van der Waals surface area contributed by atoms with Crippen LogP contribution in [0.5, 0.6) is 5.75 Å². The van der Waals surface area contributed by atoms with Gasteiger partial charge in [-0.2, -0.15) is 0 Å². The van der Waals surface area contributed by atoms with Gasteiger partial charge in [-0.25, -0.2) is 0 Å². The monoisotopic (exact) mass is 308 g/mol. The van der Waals surface area contributed by atoms with Crippen molar-refractivity contribution in [2.24, 2.45) is 11.8 Å². The molecule has 96 valence electrons. The first kappa shape index (κ1) is 12.2. The van der Waals surface area contributed by atoms with Crippen molar-refractivity contribution in [3.05, 3.63) is 27.7 Å². The minimum atomic E-state index is 0.209. The summed E-state index contributed by atoms with van der Waals surface area (Å²) >= 11 is 3.57. The van der Waals surface area contributed by atoms with Crippen LogP contribution in [0.3, 0.4) is 0 Å². The normalized spacial score (nSPS) is 26.2. The Morgan fingerprint density at radius 1 is 1.39 bits per heavy atom. The second-order valence-corrected chi connectivity index (χ2v) is 6.33. The Hall–Kier alpha value is -0.830. The Kier molecular flexibility index (Phi) is 3.18. The number of Topliss-reactive ketones (excluding diaryl/α,β-unsaturated/α-hetero) is 1. The Bertz CT molecular complexity index is 496. The first-order chi connectivity index (χ1) is 8.65. The van der Waals surface area contributed by atoms with Gasteiger partial charge < -0.3 is 4.74 Å². The van der Waals surface area contributed by atoms with E-state index < -0.39 is 0 Å². The van der Waals surface area contributed by atoms with Crippen LogP contribution in [0.25, 0.3) is 0 Å². The molecule has 3 rings (SSSR count). The lowest BCUT2D eigenvalue weighted by molar-refractivity contribution is -0.120. The van der Waals surface area contributed by atoms with E-state index in [0.29, 0.717) is 11.7 Å². The van der Waals surface area contributed by atoms with Gasteiger partial charge in [0.15, 0.2) is 0 Å². The van der Waals surface area contributed by atoms with E-state index in [1.165, 1.54) is 11.1 Å². The second-order valence-electron chi connectivity index (χ2n) is 5.41. The molecule has 2 atom stereocenters. The van der Waals surface area contributed by atoms with Crippen molar-refractivity contribution in [2.75, 3.05) is 6.61 Å². The van der Waals surface area contributed by atoms with E-state index in [4.69, 9.17) is 4.74 Å². The highest BCUT2D eigenvalue weighted by Crippen LogP contribution is 2.38. The molecule has 1 aromatic rings. The number of halogens is 1. The highest BCUT2D eigenvalue weighted by Gasteiger charge is 2.32. The lowest BCUT2D eigenvalue weighted by Crippen LogP contribution is -2.13. The minimum absolute atomic E-state index is 0.209. The van der Waals surface area contributed by atoms with E-state index in [0.717, 1.165) is 42.5 Å². The first-order valence-corrected chi connectivity index (χ1v) is 7.41. The van der Waals surface area contributed by atoms with Crippen LogP contribution < -0.4 is 4.74 Å². The fourth-order valence-corrected chi connectivity index (χ4v) is 3.68. The van der Waals surface area contributed by atoms with E-state index >= 15 is 0 Å². The zero-order chi connectivity index (χ0) is 12.7. The summed E-state index contributed by atoms with van der Waals surface area (Å²) < 4.78 is 6.88. The molecule has 0 N–H and O–H groups in total. The molecule has 1 fully saturated rings. The number of hydrogen-bond donors (Lipinski definition) is 0. The number of benzene rings is 1. The largest absolute Gasteiger partial charge is 0.493 e. The van der Waals surface area contributed by atoms with Crippen LogP contribution in [0.4, 0.5) is 0 Å². The number of hydrogen-bond acceptors (Lipinski definition) is 2. The smallest absolute Gasteiger partial charge is 0.135 e. The van der Waals surface area contributed by atoms with Crippen molar-refractivity contribution in [1.29, 1.82) is 0 Å². The highest BCUT2D eigenvalue weighted by molar-refractivity contribution is 9.10. The zero-order valence-corrected chi connectivity index (χ0v) is 12.1. The maximum absolute atomic E-state index is 11.6.